The largest absolute Gasteiger partial charge is 0.347 e. The average Bonchev–Trinajstić information content (AvgIpc) is 3.00. The van der Waals surface area contributed by atoms with Crippen LogP contribution in [0.4, 0.5) is 0 Å². The molecule has 1 N–H and O–H groups in total. The smallest absolute Gasteiger partial charge is 0.251 e. The van der Waals surface area contributed by atoms with Crippen LogP contribution in [0.5, 0.6) is 0 Å². The molecule has 3 rings (SSSR count). The lowest BCUT2D eigenvalue weighted by Gasteiger charge is -2.17. The minimum Gasteiger partial charge on any atom is -0.347 e. The van der Waals surface area contributed by atoms with E-state index in [0.29, 0.717) is 30.6 Å². The van der Waals surface area contributed by atoms with Crippen molar-refractivity contribution in [3.05, 3.63) is 71.3 Å². The third kappa shape index (κ3) is 4.27. The lowest BCUT2D eigenvalue weighted by molar-refractivity contribution is -0.127. The number of carbonyl (C=O) groups excluding carboxylic acids is 2. The number of hydrogen-bond acceptors (Lipinski definition) is 2. The van der Waals surface area contributed by atoms with E-state index in [1.54, 1.807) is 24.3 Å². The zero-order valence-corrected chi connectivity index (χ0v) is 13.9. The Morgan fingerprint density at radius 2 is 2.00 bits per heavy atom. The van der Waals surface area contributed by atoms with Crippen molar-refractivity contribution < 1.29 is 9.59 Å². The summed E-state index contributed by atoms with van der Waals surface area (Å²) >= 11 is 0. The number of terminal acetylenes is 1. The van der Waals surface area contributed by atoms with Gasteiger partial charge in [-0.05, 0) is 30.2 Å². The van der Waals surface area contributed by atoms with E-state index in [1.165, 1.54) is 5.56 Å². The van der Waals surface area contributed by atoms with Crippen LogP contribution in [-0.2, 0) is 11.2 Å². The van der Waals surface area contributed by atoms with Gasteiger partial charge in [0.2, 0.25) is 5.91 Å². The summed E-state index contributed by atoms with van der Waals surface area (Å²) in [5.41, 5.74) is 2.39. The van der Waals surface area contributed by atoms with Gasteiger partial charge >= 0.3 is 0 Å². The lowest BCUT2D eigenvalue weighted by atomic mass is 10.1. The quantitative estimate of drug-likeness (QED) is 0.854. The molecule has 0 aromatic heterocycles. The highest BCUT2D eigenvalue weighted by atomic mass is 16.2. The van der Waals surface area contributed by atoms with Crippen molar-refractivity contribution in [2.45, 2.75) is 18.9 Å². The zero-order chi connectivity index (χ0) is 17.6. The fourth-order valence-electron chi connectivity index (χ4n) is 3.01. The predicted octanol–water partition coefficient (Wildman–Crippen LogP) is 2.24. The molecule has 0 spiro atoms. The number of amides is 2. The van der Waals surface area contributed by atoms with E-state index in [-0.39, 0.29) is 17.9 Å². The van der Waals surface area contributed by atoms with Crippen LogP contribution in [0.1, 0.15) is 27.9 Å². The first-order valence-electron chi connectivity index (χ1n) is 8.35. The van der Waals surface area contributed by atoms with Crippen LogP contribution in [0.2, 0.25) is 0 Å². The molecule has 0 unspecified atom stereocenters. The van der Waals surface area contributed by atoms with E-state index in [1.807, 2.05) is 23.1 Å². The molecule has 0 aliphatic carbocycles. The third-order valence-corrected chi connectivity index (χ3v) is 4.35. The highest BCUT2D eigenvalue weighted by Crippen LogP contribution is 2.14. The van der Waals surface area contributed by atoms with Crippen molar-refractivity contribution >= 4 is 11.8 Å². The summed E-state index contributed by atoms with van der Waals surface area (Å²) in [4.78, 5) is 26.3. The third-order valence-electron chi connectivity index (χ3n) is 4.35. The Morgan fingerprint density at radius 3 is 2.76 bits per heavy atom. The maximum atomic E-state index is 12.4. The Labute approximate surface area is 147 Å². The van der Waals surface area contributed by atoms with Gasteiger partial charge in [-0.25, -0.2) is 0 Å². The standard InChI is InChI=1S/C21H20N2O2/c1-2-16-9-6-10-18(13-16)21(25)22-19-14-20(24)23(15-19)12-11-17-7-4-3-5-8-17/h1,3-10,13,19H,11-12,14-15H2,(H,22,25)/t19-/m0/s1. The van der Waals surface area contributed by atoms with Crippen LogP contribution in [0.25, 0.3) is 0 Å². The minimum atomic E-state index is -0.195. The first kappa shape index (κ1) is 16.8. The molecule has 1 heterocycles. The molecular formula is C21H20N2O2. The molecule has 2 aromatic carbocycles. The molecule has 2 aromatic rings. The van der Waals surface area contributed by atoms with Gasteiger partial charge in [0.25, 0.3) is 5.91 Å². The van der Waals surface area contributed by atoms with Gasteiger partial charge in [-0.15, -0.1) is 6.42 Å². The second-order valence-electron chi connectivity index (χ2n) is 6.18. The number of carbonyl (C=O) groups is 2. The Kier molecular flexibility index (Phi) is 5.15. The Bertz CT molecular complexity index is 808. The molecule has 1 fully saturated rings. The van der Waals surface area contributed by atoms with Gasteiger partial charge in [0.05, 0.1) is 6.04 Å². The molecule has 1 aliphatic rings. The van der Waals surface area contributed by atoms with Gasteiger partial charge in [-0.1, -0.05) is 42.3 Å². The topological polar surface area (TPSA) is 49.4 Å². The highest BCUT2D eigenvalue weighted by Gasteiger charge is 2.30. The van der Waals surface area contributed by atoms with Crippen LogP contribution in [0, 0.1) is 12.3 Å². The van der Waals surface area contributed by atoms with Crippen LogP contribution in [-0.4, -0.2) is 35.8 Å². The maximum Gasteiger partial charge on any atom is 0.251 e. The normalized spacial score (nSPS) is 16.5. The van der Waals surface area contributed by atoms with Crippen LogP contribution in [0.3, 0.4) is 0 Å². The van der Waals surface area contributed by atoms with E-state index in [9.17, 15) is 9.59 Å². The number of benzene rings is 2. The number of nitrogens with one attached hydrogen (secondary N) is 1. The fourth-order valence-corrected chi connectivity index (χ4v) is 3.01. The summed E-state index contributed by atoms with van der Waals surface area (Å²) in [7, 11) is 0. The first-order chi connectivity index (χ1) is 12.2. The summed E-state index contributed by atoms with van der Waals surface area (Å²) < 4.78 is 0. The van der Waals surface area contributed by atoms with E-state index >= 15 is 0 Å². The van der Waals surface area contributed by atoms with Crippen molar-refractivity contribution in [3.63, 3.8) is 0 Å². The molecule has 4 heteroatoms. The SMILES string of the molecule is C#Cc1cccc(C(=O)N[C@H]2CC(=O)N(CCc3ccccc3)C2)c1. The molecule has 25 heavy (non-hydrogen) atoms. The molecule has 2 amide bonds. The predicted molar refractivity (Wildman–Crippen MR) is 97.0 cm³/mol. The van der Waals surface area contributed by atoms with Gasteiger partial charge in [0.1, 0.15) is 0 Å². The summed E-state index contributed by atoms with van der Waals surface area (Å²) in [6.07, 6.45) is 6.53. The van der Waals surface area contributed by atoms with Gasteiger partial charge in [0.15, 0.2) is 0 Å². The minimum absolute atomic E-state index is 0.0820. The van der Waals surface area contributed by atoms with Crippen molar-refractivity contribution in [2.75, 3.05) is 13.1 Å². The molecule has 1 aliphatic heterocycles. The van der Waals surface area contributed by atoms with E-state index in [0.717, 1.165) is 6.42 Å². The number of likely N-dealkylation sites (tertiary alicyclic amines) is 1. The van der Waals surface area contributed by atoms with Crippen molar-refractivity contribution in [1.29, 1.82) is 0 Å². The van der Waals surface area contributed by atoms with Crippen molar-refractivity contribution in [2.24, 2.45) is 0 Å². The molecule has 4 nitrogen and oxygen atoms in total. The van der Waals surface area contributed by atoms with Gasteiger partial charge in [-0.3, -0.25) is 9.59 Å². The second-order valence-corrected chi connectivity index (χ2v) is 6.18. The van der Waals surface area contributed by atoms with Crippen LogP contribution < -0.4 is 5.32 Å². The summed E-state index contributed by atoms with van der Waals surface area (Å²) in [5.74, 6) is 2.41. The molecular weight excluding hydrogens is 312 g/mol. The van der Waals surface area contributed by atoms with E-state index < -0.39 is 0 Å². The summed E-state index contributed by atoms with van der Waals surface area (Å²) in [6, 6.07) is 16.9. The summed E-state index contributed by atoms with van der Waals surface area (Å²) in [5, 5.41) is 2.94. The van der Waals surface area contributed by atoms with Crippen molar-refractivity contribution in [1.82, 2.24) is 10.2 Å². The molecule has 126 valence electrons. The van der Waals surface area contributed by atoms with E-state index in [4.69, 9.17) is 6.42 Å². The number of hydrogen-bond donors (Lipinski definition) is 1. The molecule has 0 radical (unpaired) electrons. The van der Waals surface area contributed by atoms with Crippen LogP contribution in [0.15, 0.2) is 54.6 Å². The summed E-state index contributed by atoms with van der Waals surface area (Å²) in [6.45, 7) is 1.22. The molecule has 0 saturated carbocycles. The fraction of sp³-hybridized carbons (Fsp3) is 0.238. The average molecular weight is 332 g/mol. The Morgan fingerprint density at radius 1 is 1.20 bits per heavy atom. The van der Waals surface area contributed by atoms with Gasteiger partial charge < -0.3 is 10.2 Å². The maximum absolute atomic E-state index is 12.4. The number of rotatable bonds is 5. The van der Waals surface area contributed by atoms with Crippen LogP contribution >= 0.6 is 0 Å². The van der Waals surface area contributed by atoms with Crippen molar-refractivity contribution in [3.8, 4) is 12.3 Å². The van der Waals surface area contributed by atoms with Gasteiger partial charge in [0, 0.05) is 30.6 Å². The Hall–Kier alpha value is -3.06. The molecule has 1 saturated heterocycles. The Balaban J connectivity index is 1.55. The molecule has 0 bridgehead atoms. The number of nitrogens with zero attached hydrogens (tertiary/aromatic N) is 1. The van der Waals surface area contributed by atoms with Gasteiger partial charge in [-0.2, -0.15) is 0 Å². The zero-order valence-electron chi connectivity index (χ0n) is 13.9. The highest BCUT2D eigenvalue weighted by molar-refractivity contribution is 5.95. The second kappa shape index (κ2) is 7.67. The molecule has 1 atom stereocenters. The first-order valence-corrected chi connectivity index (χ1v) is 8.35. The van der Waals surface area contributed by atoms with E-state index in [2.05, 4.69) is 23.4 Å². The monoisotopic (exact) mass is 332 g/mol. The lowest BCUT2D eigenvalue weighted by Crippen LogP contribution is -2.37.